The van der Waals surface area contributed by atoms with Crippen LogP contribution in [0.3, 0.4) is 0 Å². The van der Waals surface area contributed by atoms with Crippen molar-refractivity contribution in [1.29, 1.82) is 5.26 Å². The van der Waals surface area contributed by atoms with Crippen LogP contribution in [0.15, 0.2) is 237 Å². The number of aromatic nitrogens is 4. The number of halogens is 6. The first-order valence-corrected chi connectivity index (χ1v) is 26.0. The third-order valence-corrected chi connectivity index (χ3v) is 15.8. The van der Waals surface area contributed by atoms with Gasteiger partial charge in [-0.1, -0.05) is 127 Å². The molecule has 0 amide bonds. The van der Waals surface area contributed by atoms with E-state index in [2.05, 4.69) is 115 Å². The molecule has 0 saturated heterocycles. The molecule has 0 N–H and O–H groups in total. The van der Waals surface area contributed by atoms with Crippen LogP contribution in [0.5, 0.6) is 0 Å². The second-order valence-corrected chi connectivity index (χ2v) is 20.2. The van der Waals surface area contributed by atoms with E-state index in [1.54, 1.807) is 24.3 Å². The minimum Gasteiger partial charge on any atom is -0.309 e. The maximum Gasteiger partial charge on any atom is 0.416 e. The average molecular weight is 1050 g/mol. The lowest BCUT2D eigenvalue weighted by Crippen LogP contribution is -2.11. The summed E-state index contributed by atoms with van der Waals surface area (Å²) in [5.41, 5.74) is 8.56. The van der Waals surface area contributed by atoms with Gasteiger partial charge in [-0.05, 0) is 120 Å². The van der Waals surface area contributed by atoms with Crippen LogP contribution in [0.2, 0.25) is 0 Å². The molecule has 11 aromatic carbocycles. The van der Waals surface area contributed by atoms with Gasteiger partial charge in [0.25, 0.3) is 0 Å². The molecule has 0 atom stereocenters. The summed E-state index contributed by atoms with van der Waals surface area (Å²) in [5.74, 6) is 0. The summed E-state index contributed by atoms with van der Waals surface area (Å²) in [6.07, 6.45) is -10.2. The molecule has 4 aromatic heterocycles. The highest BCUT2D eigenvalue weighted by Crippen LogP contribution is 2.47. The monoisotopic (exact) mass is 1050 g/mol. The molecule has 0 saturated carbocycles. The van der Waals surface area contributed by atoms with E-state index in [1.807, 2.05) is 103 Å². The van der Waals surface area contributed by atoms with Crippen molar-refractivity contribution in [1.82, 2.24) is 18.3 Å². The number of benzene rings is 11. The van der Waals surface area contributed by atoms with Gasteiger partial charge in [0, 0.05) is 71.3 Å². The van der Waals surface area contributed by atoms with Gasteiger partial charge in [-0.3, -0.25) is 0 Å². The van der Waals surface area contributed by atoms with Gasteiger partial charge in [0.1, 0.15) is 0 Å². The number of hydrogen-bond acceptors (Lipinski definition) is 1. The normalized spacial score (nSPS) is 12.4. The Balaban J connectivity index is 1.05. The van der Waals surface area contributed by atoms with Crippen LogP contribution in [0, 0.1) is 11.3 Å². The van der Waals surface area contributed by atoms with Gasteiger partial charge in [0.15, 0.2) is 0 Å². The first-order valence-electron chi connectivity index (χ1n) is 26.0. The van der Waals surface area contributed by atoms with Gasteiger partial charge in [0.2, 0.25) is 0 Å². The zero-order valence-electron chi connectivity index (χ0n) is 42.0. The van der Waals surface area contributed by atoms with Crippen LogP contribution in [0.25, 0.3) is 132 Å². The van der Waals surface area contributed by atoms with Crippen molar-refractivity contribution in [3.8, 4) is 51.1 Å². The number of alkyl halides is 6. The van der Waals surface area contributed by atoms with E-state index < -0.39 is 23.5 Å². The molecule has 0 unspecified atom stereocenters. The highest BCUT2D eigenvalue weighted by atomic mass is 19.4. The molecule has 11 heteroatoms. The van der Waals surface area contributed by atoms with Gasteiger partial charge < -0.3 is 18.3 Å². The quantitative estimate of drug-likeness (QED) is 0.153. The summed E-state index contributed by atoms with van der Waals surface area (Å²) < 4.78 is 96.4. The minimum atomic E-state index is -5.08. The molecule has 0 aliphatic carbocycles. The number of fused-ring (bicyclic) bond motifs is 14. The molecule has 15 aromatic rings. The third kappa shape index (κ3) is 6.98. The molecule has 80 heavy (non-hydrogen) atoms. The maximum atomic E-state index is 14.6. The maximum absolute atomic E-state index is 14.6. The first kappa shape index (κ1) is 46.9. The highest BCUT2D eigenvalue weighted by molar-refractivity contribution is 6.28. The van der Waals surface area contributed by atoms with Crippen LogP contribution in [-0.2, 0) is 12.4 Å². The van der Waals surface area contributed by atoms with E-state index >= 15 is 0 Å². The molecular formula is C69H39F6N5. The first-order chi connectivity index (χ1) is 38.9. The molecule has 382 valence electrons. The number of rotatable bonds is 6. The van der Waals surface area contributed by atoms with Gasteiger partial charge >= 0.3 is 12.4 Å². The Morgan fingerprint density at radius 3 is 1.26 bits per heavy atom. The lowest BCUT2D eigenvalue weighted by Gasteiger charge is -2.19. The predicted molar refractivity (Wildman–Crippen MR) is 309 cm³/mol. The van der Waals surface area contributed by atoms with E-state index in [0.717, 1.165) is 111 Å². The number of hydrogen-bond donors (Lipinski definition) is 0. The topological polar surface area (TPSA) is 43.5 Å². The van der Waals surface area contributed by atoms with Crippen LogP contribution < -0.4 is 0 Å². The van der Waals surface area contributed by atoms with Crippen molar-refractivity contribution in [2.75, 3.05) is 0 Å². The van der Waals surface area contributed by atoms with Gasteiger partial charge in [0.05, 0.1) is 72.6 Å². The van der Waals surface area contributed by atoms with Crippen molar-refractivity contribution in [2.45, 2.75) is 12.4 Å². The number of para-hydroxylation sites is 6. The minimum absolute atomic E-state index is 0.0926. The SMILES string of the molecule is N#Cc1ccc(-n2c3ccccc3c3c2ccc2c4ccccc4n(-c4ccccc4)c23)cc1-c1cc(-c2cc(C(F)(F)F)cc(C(F)(F)F)c2)ccc1-n1c2ccccc2c2c1ccc1c3ccccc3n(-c3ccccc3)c12. The lowest BCUT2D eigenvalue weighted by molar-refractivity contribution is -0.143. The van der Waals surface area contributed by atoms with E-state index in [4.69, 9.17) is 0 Å². The second kappa shape index (κ2) is 17.3. The summed E-state index contributed by atoms with van der Waals surface area (Å²) in [6, 6.07) is 76.0. The van der Waals surface area contributed by atoms with E-state index in [-0.39, 0.29) is 22.8 Å². The fraction of sp³-hybridized carbons (Fsp3) is 0.0290. The van der Waals surface area contributed by atoms with Crippen molar-refractivity contribution >= 4 is 87.2 Å². The molecule has 0 radical (unpaired) electrons. The Morgan fingerprint density at radius 2 is 0.762 bits per heavy atom. The molecule has 5 nitrogen and oxygen atoms in total. The van der Waals surface area contributed by atoms with Gasteiger partial charge in [-0.25, -0.2) is 0 Å². The Labute approximate surface area is 451 Å². The Bertz CT molecular complexity index is 5070. The second-order valence-electron chi connectivity index (χ2n) is 20.2. The van der Waals surface area contributed by atoms with E-state index in [0.29, 0.717) is 22.5 Å². The fourth-order valence-electron chi connectivity index (χ4n) is 12.5. The Morgan fingerprint density at radius 1 is 0.312 bits per heavy atom. The largest absolute Gasteiger partial charge is 0.416 e. The fourth-order valence-corrected chi connectivity index (χ4v) is 12.5. The molecule has 4 heterocycles. The highest BCUT2D eigenvalue weighted by Gasteiger charge is 2.37. The molecule has 0 bridgehead atoms. The molecule has 15 rings (SSSR count). The molecule has 0 fully saturated rings. The number of nitrogens with zero attached hydrogens (tertiary/aromatic N) is 5. The van der Waals surface area contributed by atoms with Gasteiger partial charge in [-0.15, -0.1) is 0 Å². The van der Waals surface area contributed by atoms with Crippen molar-refractivity contribution in [2.24, 2.45) is 0 Å². The third-order valence-electron chi connectivity index (χ3n) is 15.8. The van der Waals surface area contributed by atoms with Crippen LogP contribution in [-0.4, -0.2) is 18.3 Å². The Hall–Kier alpha value is -10.3. The predicted octanol–water partition coefficient (Wildman–Crippen LogP) is 19.3. The molecule has 0 aliphatic rings. The van der Waals surface area contributed by atoms with Crippen LogP contribution in [0.1, 0.15) is 16.7 Å². The summed E-state index contributed by atoms with van der Waals surface area (Å²) >= 11 is 0. The zero-order valence-corrected chi connectivity index (χ0v) is 42.0. The summed E-state index contributed by atoms with van der Waals surface area (Å²) in [7, 11) is 0. The van der Waals surface area contributed by atoms with Crippen LogP contribution in [0.4, 0.5) is 26.3 Å². The zero-order chi connectivity index (χ0) is 54.2. The van der Waals surface area contributed by atoms with Crippen molar-refractivity contribution in [3.63, 3.8) is 0 Å². The van der Waals surface area contributed by atoms with Crippen LogP contribution >= 0.6 is 0 Å². The standard InChI is InChI=1S/C69H39F6N5/c70-68(71,72)44-35-43(36-45(38-44)69(73,74)75)41-28-32-61(80-60-26-14-10-22-54(60)65-63(80)34-31-52-50-20-8-12-24-58(50)79(67(52)65)47-17-5-2-6-18-47)56(37-41)55-39-48(29-27-42(55)40-76)77-59-25-13-9-21-53(59)64-62(77)33-30-51-49-19-7-11-23-57(49)78(66(51)64)46-15-3-1-4-16-46/h1-39H. The molecule has 0 spiro atoms. The van der Waals surface area contributed by atoms with E-state index in [1.165, 1.54) is 0 Å². The average Bonchev–Trinajstić information content (AvgIpc) is 4.42. The molecule has 0 aliphatic heterocycles. The smallest absolute Gasteiger partial charge is 0.309 e. The summed E-state index contributed by atoms with van der Waals surface area (Å²) in [4.78, 5) is 0. The summed E-state index contributed by atoms with van der Waals surface area (Å²) in [6.45, 7) is 0. The van der Waals surface area contributed by atoms with Crippen molar-refractivity contribution < 1.29 is 26.3 Å². The van der Waals surface area contributed by atoms with Gasteiger partial charge in [-0.2, -0.15) is 31.6 Å². The van der Waals surface area contributed by atoms with E-state index in [9.17, 15) is 31.6 Å². The molecular weight excluding hydrogens is 1010 g/mol. The van der Waals surface area contributed by atoms with Crippen molar-refractivity contribution in [3.05, 3.63) is 253 Å². The Kier molecular flexibility index (Phi) is 10.2. The number of nitriles is 1. The lowest BCUT2D eigenvalue weighted by atomic mass is 9.92. The summed E-state index contributed by atoms with van der Waals surface area (Å²) in [5, 5.41) is 19.2.